The molecule has 3 atom stereocenters. The molecule has 25 heavy (non-hydrogen) atoms. The molecule has 5 nitrogen and oxygen atoms in total. The Morgan fingerprint density at radius 2 is 1.92 bits per heavy atom. The fourth-order valence-electron chi connectivity index (χ4n) is 4.47. The lowest BCUT2D eigenvalue weighted by atomic mass is 9.92. The van der Waals surface area contributed by atoms with Crippen LogP contribution in [0.3, 0.4) is 0 Å². The van der Waals surface area contributed by atoms with E-state index in [2.05, 4.69) is 15.1 Å². The first-order valence-corrected chi connectivity index (χ1v) is 9.69. The van der Waals surface area contributed by atoms with Crippen molar-refractivity contribution >= 4 is 17.5 Å². The molecule has 3 aliphatic rings. The third-order valence-electron chi connectivity index (χ3n) is 5.71. The van der Waals surface area contributed by atoms with Crippen molar-refractivity contribution in [3.8, 4) is 0 Å². The van der Waals surface area contributed by atoms with Crippen LogP contribution in [0.4, 0.5) is 0 Å². The Labute approximate surface area is 154 Å². The number of carbonyl (C=O) groups is 1. The summed E-state index contributed by atoms with van der Waals surface area (Å²) in [5.41, 5.74) is 1.02. The van der Waals surface area contributed by atoms with Gasteiger partial charge in [-0.1, -0.05) is 23.7 Å². The maximum Gasteiger partial charge on any atom is 0.227 e. The van der Waals surface area contributed by atoms with Gasteiger partial charge in [0, 0.05) is 18.1 Å². The van der Waals surface area contributed by atoms with Crippen LogP contribution in [-0.4, -0.2) is 73.2 Å². The number of likely N-dealkylation sites (tertiary alicyclic amines) is 1. The third-order valence-corrected chi connectivity index (χ3v) is 5.96. The molecule has 6 heteroatoms. The Balaban J connectivity index is 1.51. The van der Waals surface area contributed by atoms with E-state index in [9.17, 15) is 4.79 Å². The van der Waals surface area contributed by atoms with Crippen LogP contribution in [0.2, 0.25) is 5.02 Å². The number of hydrogen-bond donors (Lipinski definition) is 1. The van der Waals surface area contributed by atoms with Crippen molar-refractivity contribution < 1.29 is 9.53 Å². The number of fused-ring (bicyclic) bond motifs is 1. The quantitative estimate of drug-likeness (QED) is 0.885. The minimum absolute atomic E-state index is 0.209. The van der Waals surface area contributed by atoms with Gasteiger partial charge in [0.1, 0.15) is 0 Å². The summed E-state index contributed by atoms with van der Waals surface area (Å²) in [6.45, 7) is 5.28. The average molecular weight is 364 g/mol. The molecule has 1 N–H and O–H groups in total. The normalized spacial score (nSPS) is 30.3. The Morgan fingerprint density at radius 3 is 2.68 bits per heavy atom. The van der Waals surface area contributed by atoms with E-state index in [-0.39, 0.29) is 18.0 Å². The van der Waals surface area contributed by atoms with Crippen LogP contribution in [-0.2, 0) is 16.0 Å². The van der Waals surface area contributed by atoms with Gasteiger partial charge < -0.3 is 15.0 Å². The molecule has 0 spiro atoms. The van der Waals surface area contributed by atoms with Crippen molar-refractivity contribution in [2.75, 3.05) is 39.4 Å². The second-order valence-electron chi connectivity index (χ2n) is 7.29. The fourth-order valence-corrected chi connectivity index (χ4v) is 4.60. The van der Waals surface area contributed by atoms with Gasteiger partial charge in [-0.3, -0.25) is 9.69 Å². The summed E-state index contributed by atoms with van der Waals surface area (Å²) >= 11 is 5.96. The first-order chi connectivity index (χ1) is 12.2. The Bertz CT molecular complexity index is 601. The zero-order valence-corrected chi connectivity index (χ0v) is 15.3. The SMILES string of the molecule is O=C(Cc1ccc(Cl)cc1)N1CCN[C@@H]2COCC(N3CCCC3)[C@H]21. The molecule has 1 unspecified atom stereocenters. The summed E-state index contributed by atoms with van der Waals surface area (Å²) in [5, 5.41) is 4.27. The highest BCUT2D eigenvalue weighted by atomic mass is 35.5. The summed E-state index contributed by atoms with van der Waals surface area (Å²) in [5.74, 6) is 0.213. The fraction of sp³-hybridized carbons (Fsp3) is 0.632. The number of benzene rings is 1. The number of nitrogens with zero attached hydrogens (tertiary/aromatic N) is 2. The van der Waals surface area contributed by atoms with Gasteiger partial charge in [0.05, 0.1) is 37.8 Å². The van der Waals surface area contributed by atoms with Gasteiger partial charge in [-0.05, 0) is 43.6 Å². The molecule has 0 bridgehead atoms. The predicted molar refractivity (Wildman–Crippen MR) is 97.9 cm³/mol. The van der Waals surface area contributed by atoms with E-state index < -0.39 is 0 Å². The summed E-state index contributed by atoms with van der Waals surface area (Å²) in [4.78, 5) is 17.7. The minimum atomic E-state index is 0.209. The maximum absolute atomic E-state index is 13.1. The number of piperazine rings is 1. The molecule has 3 saturated heterocycles. The molecular formula is C19H26ClN3O2. The second-order valence-corrected chi connectivity index (χ2v) is 7.73. The van der Waals surface area contributed by atoms with Crippen molar-refractivity contribution in [3.05, 3.63) is 34.9 Å². The maximum atomic E-state index is 13.1. The molecule has 1 aromatic rings. The van der Waals surface area contributed by atoms with E-state index in [0.29, 0.717) is 24.1 Å². The number of halogens is 1. The van der Waals surface area contributed by atoms with Gasteiger partial charge in [0.2, 0.25) is 5.91 Å². The summed E-state index contributed by atoms with van der Waals surface area (Å²) < 4.78 is 5.87. The smallest absolute Gasteiger partial charge is 0.227 e. The first-order valence-electron chi connectivity index (χ1n) is 9.31. The third kappa shape index (κ3) is 3.70. The lowest BCUT2D eigenvalue weighted by Gasteiger charge is -2.50. The minimum Gasteiger partial charge on any atom is -0.378 e. The highest BCUT2D eigenvalue weighted by molar-refractivity contribution is 6.30. The van der Waals surface area contributed by atoms with Crippen LogP contribution in [0.15, 0.2) is 24.3 Å². The average Bonchev–Trinajstić information content (AvgIpc) is 3.17. The van der Waals surface area contributed by atoms with Crippen LogP contribution in [0.25, 0.3) is 0 Å². The molecule has 136 valence electrons. The topological polar surface area (TPSA) is 44.8 Å². The Hall–Kier alpha value is -1.14. The van der Waals surface area contributed by atoms with Crippen molar-refractivity contribution in [1.29, 1.82) is 0 Å². The van der Waals surface area contributed by atoms with Crippen molar-refractivity contribution in [2.45, 2.75) is 37.4 Å². The van der Waals surface area contributed by atoms with Crippen LogP contribution < -0.4 is 5.32 Å². The lowest BCUT2D eigenvalue weighted by Crippen LogP contribution is -2.70. The highest BCUT2D eigenvalue weighted by Crippen LogP contribution is 2.26. The van der Waals surface area contributed by atoms with Crippen LogP contribution >= 0.6 is 11.6 Å². The lowest BCUT2D eigenvalue weighted by molar-refractivity contribution is -0.142. The van der Waals surface area contributed by atoms with E-state index >= 15 is 0 Å². The molecular weight excluding hydrogens is 338 g/mol. The van der Waals surface area contributed by atoms with Gasteiger partial charge in [0.15, 0.2) is 0 Å². The van der Waals surface area contributed by atoms with Crippen molar-refractivity contribution in [2.24, 2.45) is 0 Å². The van der Waals surface area contributed by atoms with Gasteiger partial charge in [-0.2, -0.15) is 0 Å². The number of amides is 1. The van der Waals surface area contributed by atoms with E-state index in [4.69, 9.17) is 16.3 Å². The Kier molecular flexibility index (Phi) is 5.27. The number of ether oxygens (including phenoxy) is 1. The van der Waals surface area contributed by atoms with Gasteiger partial charge in [-0.15, -0.1) is 0 Å². The number of hydrogen-bond acceptors (Lipinski definition) is 4. The monoisotopic (exact) mass is 363 g/mol. The molecule has 0 aromatic heterocycles. The molecule has 4 rings (SSSR count). The van der Waals surface area contributed by atoms with Crippen LogP contribution in [0.5, 0.6) is 0 Å². The number of nitrogens with one attached hydrogen (secondary N) is 1. The van der Waals surface area contributed by atoms with Crippen molar-refractivity contribution in [3.63, 3.8) is 0 Å². The second kappa shape index (κ2) is 7.62. The highest BCUT2D eigenvalue weighted by Gasteiger charge is 2.44. The molecule has 3 heterocycles. The van der Waals surface area contributed by atoms with Crippen LogP contribution in [0, 0.1) is 0 Å². The molecule has 0 saturated carbocycles. The first kappa shape index (κ1) is 17.3. The number of rotatable bonds is 3. The van der Waals surface area contributed by atoms with Gasteiger partial charge in [-0.25, -0.2) is 0 Å². The standard InChI is InChI=1S/C19H26ClN3O2/c20-15-5-3-14(4-6-15)11-18(24)23-10-7-21-16-12-25-13-17(19(16)23)22-8-1-2-9-22/h3-6,16-17,19,21H,1-2,7-13H2/t16-,17?,19+/m1/s1. The van der Waals surface area contributed by atoms with Gasteiger partial charge in [0.25, 0.3) is 0 Å². The molecule has 3 aliphatic heterocycles. The summed E-state index contributed by atoms with van der Waals surface area (Å²) in [6, 6.07) is 8.35. The molecule has 1 amide bonds. The molecule has 3 fully saturated rings. The van der Waals surface area contributed by atoms with Gasteiger partial charge >= 0.3 is 0 Å². The summed E-state index contributed by atoms with van der Waals surface area (Å²) in [6.07, 6.45) is 2.94. The van der Waals surface area contributed by atoms with E-state index in [0.717, 1.165) is 38.3 Å². The summed E-state index contributed by atoms with van der Waals surface area (Å²) in [7, 11) is 0. The van der Waals surface area contributed by atoms with E-state index in [1.165, 1.54) is 12.8 Å². The number of carbonyl (C=O) groups excluding carboxylic acids is 1. The molecule has 0 radical (unpaired) electrons. The molecule has 0 aliphatic carbocycles. The van der Waals surface area contributed by atoms with E-state index in [1.54, 1.807) is 0 Å². The zero-order chi connectivity index (χ0) is 17.2. The van der Waals surface area contributed by atoms with Crippen molar-refractivity contribution in [1.82, 2.24) is 15.1 Å². The predicted octanol–water partition coefficient (Wildman–Crippen LogP) is 1.55. The zero-order valence-electron chi connectivity index (χ0n) is 14.5. The molecule has 1 aromatic carbocycles. The largest absolute Gasteiger partial charge is 0.378 e. The van der Waals surface area contributed by atoms with E-state index in [1.807, 2.05) is 24.3 Å². The van der Waals surface area contributed by atoms with Crippen LogP contribution in [0.1, 0.15) is 18.4 Å². The Morgan fingerprint density at radius 1 is 1.16 bits per heavy atom.